The third-order valence-corrected chi connectivity index (χ3v) is 7.41. The largest absolute Gasteiger partial charge is 0.489 e. The summed E-state index contributed by atoms with van der Waals surface area (Å²) in [6.45, 7) is 7.40. The Balaban J connectivity index is 1.46. The second kappa shape index (κ2) is 10.6. The average molecular weight is 498 g/mol. The van der Waals surface area contributed by atoms with E-state index < -0.39 is 8.07 Å². The van der Waals surface area contributed by atoms with Crippen molar-refractivity contribution in [3.8, 4) is 22.9 Å². The molecule has 0 radical (unpaired) electrons. The third kappa shape index (κ3) is 6.09. The second-order valence-corrected chi connectivity index (χ2v) is 15.4. The Labute approximate surface area is 210 Å². The van der Waals surface area contributed by atoms with Crippen LogP contribution in [0.5, 0.6) is 5.75 Å². The highest BCUT2D eigenvalue weighted by Crippen LogP contribution is 2.24. The van der Waals surface area contributed by atoms with Gasteiger partial charge in [-0.05, 0) is 53.6 Å². The highest BCUT2D eigenvalue weighted by atomic mass is 28.3. The first kappa shape index (κ1) is 25.0. The molecule has 3 aromatic carbocycles. The maximum Gasteiger partial charge on any atom is 0.338 e. The number of ether oxygens (including phenoxy) is 2. The van der Waals surface area contributed by atoms with Crippen LogP contribution in [0.4, 0.5) is 0 Å². The molecule has 0 aliphatic heterocycles. The lowest BCUT2D eigenvalue weighted by atomic mass is 10.0. The maximum atomic E-state index is 13.0. The van der Waals surface area contributed by atoms with Crippen LogP contribution in [0.15, 0.2) is 82.2 Å². The van der Waals surface area contributed by atoms with E-state index in [-0.39, 0.29) is 18.0 Å². The van der Waals surface area contributed by atoms with Crippen LogP contribution >= 0.6 is 0 Å². The number of nitriles is 1. The van der Waals surface area contributed by atoms with Gasteiger partial charge in [0.15, 0.2) is 5.43 Å². The Hall–Kier alpha value is -4.15. The van der Waals surface area contributed by atoms with Crippen molar-refractivity contribution in [2.75, 3.05) is 6.61 Å². The summed E-state index contributed by atoms with van der Waals surface area (Å²) in [7, 11) is -1.27. The lowest BCUT2D eigenvalue weighted by Crippen LogP contribution is -2.22. The van der Waals surface area contributed by atoms with E-state index in [0.29, 0.717) is 45.6 Å². The Kier molecular flexibility index (Phi) is 7.37. The Morgan fingerprint density at radius 3 is 2.61 bits per heavy atom. The van der Waals surface area contributed by atoms with E-state index in [1.54, 1.807) is 60.7 Å². The summed E-state index contributed by atoms with van der Waals surface area (Å²) in [5.74, 6) is 0.201. The normalized spacial score (nSPS) is 11.2. The molecular weight excluding hydrogens is 470 g/mol. The number of rotatable bonds is 8. The molecule has 1 heterocycles. The zero-order chi connectivity index (χ0) is 25.7. The van der Waals surface area contributed by atoms with Crippen LogP contribution in [0.3, 0.4) is 0 Å². The first-order chi connectivity index (χ1) is 17.2. The van der Waals surface area contributed by atoms with Gasteiger partial charge in [-0.2, -0.15) is 5.26 Å². The topological polar surface area (TPSA) is 89.5 Å². The minimum absolute atomic E-state index is 0.182. The van der Waals surface area contributed by atoms with Crippen LogP contribution < -0.4 is 10.2 Å². The summed E-state index contributed by atoms with van der Waals surface area (Å²) in [5.41, 5.74) is 3.02. The van der Waals surface area contributed by atoms with Gasteiger partial charge >= 0.3 is 5.97 Å². The zero-order valence-corrected chi connectivity index (χ0v) is 21.5. The van der Waals surface area contributed by atoms with E-state index in [1.807, 2.05) is 6.07 Å². The molecule has 4 aromatic rings. The number of hydrogen-bond donors (Lipinski definition) is 0. The number of carbonyl (C=O) groups excluding carboxylic acids is 1. The molecule has 1 aromatic heterocycles. The molecule has 0 saturated carbocycles. The van der Waals surface area contributed by atoms with Crippen molar-refractivity contribution in [1.82, 2.24) is 0 Å². The molecule has 0 saturated heterocycles. The van der Waals surface area contributed by atoms with Crippen LogP contribution in [0.25, 0.3) is 22.1 Å². The molecule has 6 nitrogen and oxygen atoms in total. The maximum absolute atomic E-state index is 13.0. The van der Waals surface area contributed by atoms with E-state index in [4.69, 9.17) is 19.2 Å². The molecule has 0 bridgehead atoms. The van der Waals surface area contributed by atoms with E-state index in [2.05, 4.69) is 25.7 Å². The van der Waals surface area contributed by atoms with Gasteiger partial charge in [-0.1, -0.05) is 43.9 Å². The molecule has 0 aliphatic rings. The molecule has 0 atom stereocenters. The lowest BCUT2D eigenvalue weighted by Gasteiger charge is -2.15. The Bertz CT molecular complexity index is 1510. The van der Waals surface area contributed by atoms with Gasteiger partial charge in [0, 0.05) is 14.1 Å². The number of nitrogens with zero attached hydrogens (tertiary/aromatic N) is 1. The van der Waals surface area contributed by atoms with Gasteiger partial charge in [-0.15, -0.1) is 0 Å². The van der Waals surface area contributed by atoms with Crippen molar-refractivity contribution < 1.29 is 18.7 Å². The molecule has 0 N–H and O–H groups in total. The van der Waals surface area contributed by atoms with Crippen molar-refractivity contribution >= 4 is 25.0 Å². The number of fused-ring (bicyclic) bond motifs is 1. The fourth-order valence-corrected chi connectivity index (χ4v) is 4.36. The van der Waals surface area contributed by atoms with Crippen molar-refractivity contribution in [3.63, 3.8) is 0 Å². The molecule has 7 heteroatoms. The second-order valence-electron chi connectivity index (χ2n) is 9.76. The first-order valence-corrected chi connectivity index (χ1v) is 15.4. The van der Waals surface area contributed by atoms with Gasteiger partial charge in [0.25, 0.3) is 0 Å². The van der Waals surface area contributed by atoms with Crippen molar-refractivity contribution in [2.45, 2.75) is 32.3 Å². The van der Waals surface area contributed by atoms with E-state index in [0.717, 1.165) is 11.6 Å². The van der Waals surface area contributed by atoms with Gasteiger partial charge in [-0.25, -0.2) is 4.79 Å². The van der Waals surface area contributed by atoms with E-state index in [9.17, 15) is 9.59 Å². The van der Waals surface area contributed by atoms with Crippen molar-refractivity contribution in [3.05, 3.63) is 99.9 Å². The molecule has 0 unspecified atom stereocenters. The fourth-order valence-electron chi connectivity index (χ4n) is 3.64. The van der Waals surface area contributed by atoms with E-state index in [1.165, 1.54) is 6.26 Å². The quantitative estimate of drug-likeness (QED) is 0.206. The molecular formula is C29H27NO5Si. The molecule has 0 amide bonds. The van der Waals surface area contributed by atoms with Gasteiger partial charge < -0.3 is 13.9 Å². The molecule has 182 valence electrons. The van der Waals surface area contributed by atoms with Crippen LogP contribution in [-0.2, 0) is 11.3 Å². The van der Waals surface area contributed by atoms with Gasteiger partial charge in [-0.3, -0.25) is 4.79 Å². The van der Waals surface area contributed by atoms with Crippen LogP contribution in [0, 0.1) is 11.3 Å². The van der Waals surface area contributed by atoms with Crippen molar-refractivity contribution in [2.24, 2.45) is 0 Å². The molecule has 0 aliphatic carbocycles. The molecule has 0 spiro atoms. The Morgan fingerprint density at radius 1 is 1.03 bits per heavy atom. The highest BCUT2D eigenvalue weighted by Gasteiger charge is 2.15. The fraction of sp³-hybridized carbons (Fsp3) is 0.207. The number of hydrogen-bond acceptors (Lipinski definition) is 6. The summed E-state index contributed by atoms with van der Waals surface area (Å²) in [6, 6.07) is 22.1. The SMILES string of the molecule is C[Si](C)(C)CCOC(=O)c1cccc(COc2ccc3c(=O)c(-c4cccc(C#N)c4)coc3c2)c1. The minimum atomic E-state index is -1.27. The third-order valence-electron chi connectivity index (χ3n) is 5.70. The number of carbonyl (C=O) groups is 1. The summed E-state index contributed by atoms with van der Waals surface area (Å²) in [6.07, 6.45) is 1.40. The highest BCUT2D eigenvalue weighted by molar-refractivity contribution is 6.76. The predicted octanol–water partition coefficient (Wildman–Crippen LogP) is 6.41. The van der Waals surface area contributed by atoms with Gasteiger partial charge in [0.2, 0.25) is 0 Å². The van der Waals surface area contributed by atoms with Crippen LogP contribution in [0.2, 0.25) is 25.7 Å². The molecule has 4 rings (SSSR count). The summed E-state index contributed by atoms with van der Waals surface area (Å²) >= 11 is 0. The summed E-state index contributed by atoms with van der Waals surface area (Å²) in [4.78, 5) is 25.4. The monoisotopic (exact) mass is 497 g/mol. The van der Waals surface area contributed by atoms with Crippen LogP contribution in [0.1, 0.15) is 21.5 Å². The summed E-state index contributed by atoms with van der Waals surface area (Å²) in [5, 5.41) is 9.55. The standard InChI is InChI=1S/C29H27NO5Si/c1-36(2,3)13-12-33-29(32)23-9-5-7-21(15-23)18-34-24-10-11-25-27(16-24)35-19-26(28(25)31)22-8-4-6-20(14-22)17-30/h4-11,14-16,19H,12-13,18H2,1-3H3. The van der Waals surface area contributed by atoms with Crippen LogP contribution in [-0.4, -0.2) is 20.7 Å². The average Bonchev–Trinajstić information content (AvgIpc) is 2.87. The van der Waals surface area contributed by atoms with E-state index >= 15 is 0 Å². The van der Waals surface area contributed by atoms with Gasteiger partial charge in [0.1, 0.15) is 24.2 Å². The number of esters is 1. The van der Waals surface area contributed by atoms with Gasteiger partial charge in [0.05, 0.1) is 34.8 Å². The Morgan fingerprint density at radius 2 is 1.83 bits per heavy atom. The summed E-state index contributed by atoms with van der Waals surface area (Å²) < 4.78 is 17.1. The first-order valence-electron chi connectivity index (χ1n) is 11.7. The molecule has 0 fully saturated rings. The number of benzene rings is 3. The molecule has 36 heavy (non-hydrogen) atoms. The zero-order valence-electron chi connectivity index (χ0n) is 20.5. The lowest BCUT2D eigenvalue weighted by molar-refractivity contribution is 0.0525. The van der Waals surface area contributed by atoms with Crippen molar-refractivity contribution in [1.29, 1.82) is 5.26 Å². The minimum Gasteiger partial charge on any atom is -0.489 e. The smallest absolute Gasteiger partial charge is 0.338 e. The predicted molar refractivity (Wildman–Crippen MR) is 142 cm³/mol.